The fourth-order valence-electron chi connectivity index (χ4n) is 3.52. The third-order valence-corrected chi connectivity index (χ3v) is 5.11. The molecule has 1 saturated heterocycles. The molecule has 0 atom stereocenters. The van der Waals surface area contributed by atoms with Crippen molar-refractivity contribution in [3.05, 3.63) is 11.6 Å². The van der Waals surface area contributed by atoms with Crippen molar-refractivity contribution in [3.63, 3.8) is 0 Å². The van der Waals surface area contributed by atoms with Gasteiger partial charge in [-0.15, -0.1) is 10.2 Å². The molecule has 3 rings (SSSR count). The van der Waals surface area contributed by atoms with Crippen LogP contribution in [0.25, 0.3) is 0 Å². The van der Waals surface area contributed by atoms with Crippen molar-refractivity contribution in [2.75, 3.05) is 39.5 Å². The SMILES string of the molecule is CCNC(=NCc1nnc2n1CCCC2)NCCCOCC1CCOCC1. The van der Waals surface area contributed by atoms with Crippen molar-refractivity contribution in [1.82, 2.24) is 25.4 Å². The van der Waals surface area contributed by atoms with Gasteiger partial charge in [-0.1, -0.05) is 0 Å². The van der Waals surface area contributed by atoms with Crippen molar-refractivity contribution >= 4 is 5.96 Å². The van der Waals surface area contributed by atoms with Gasteiger partial charge in [0.05, 0.1) is 0 Å². The molecule has 2 N–H and O–H groups in total. The normalized spacial score (nSPS) is 18.3. The van der Waals surface area contributed by atoms with Crippen molar-refractivity contribution < 1.29 is 9.47 Å². The molecule has 152 valence electrons. The molecule has 0 spiro atoms. The maximum Gasteiger partial charge on any atom is 0.191 e. The van der Waals surface area contributed by atoms with Gasteiger partial charge in [-0.25, -0.2) is 4.99 Å². The molecule has 0 bridgehead atoms. The van der Waals surface area contributed by atoms with Gasteiger partial charge in [-0.2, -0.15) is 0 Å². The molecule has 0 radical (unpaired) electrons. The van der Waals surface area contributed by atoms with E-state index in [2.05, 4.69) is 37.3 Å². The van der Waals surface area contributed by atoms with Crippen LogP contribution in [0.3, 0.4) is 0 Å². The van der Waals surface area contributed by atoms with E-state index in [4.69, 9.17) is 9.47 Å². The fourth-order valence-corrected chi connectivity index (χ4v) is 3.52. The van der Waals surface area contributed by atoms with Crippen LogP contribution in [0, 0.1) is 5.92 Å². The number of fused-ring (bicyclic) bond motifs is 1. The van der Waals surface area contributed by atoms with Crippen LogP contribution in [0.2, 0.25) is 0 Å². The van der Waals surface area contributed by atoms with Crippen LogP contribution in [0.1, 0.15) is 50.7 Å². The summed E-state index contributed by atoms with van der Waals surface area (Å²) in [5.74, 6) is 3.56. The van der Waals surface area contributed by atoms with Crippen LogP contribution in [0.5, 0.6) is 0 Å². The Morgan fingerprint density at radius 2 is 2.15 bits per heavy atom. The summed E-state index contributed by atoms with van der Waals surface area (Å²) in [5.41, 5.74) is 0. The van der Waals surface area contributed by atoms with E-state index in [1.165, 1.54) is 12.8 Å². The van der Waals surface area contributed by atoms with E-state index in [0.717, 1.165) is 89.4 Å². The predicted octanol–water partition coefficient (Wildman–Crippen LogP) is 1.50. The van der Waals surface area contributed by atoms with E-state index >= 15 is 0 Å². The highest BCUT2D eigenvalue weighted by Gasteiger charge is 2.15. The van der Waals surface area contributed by atoms with Gasteiger partial charge in [0, 0.05) is 52.5 Å². The Bertz CT molecular complexity index is 583. The van der Waals surface area contributed by atoms with Crippen molar-refractivity contribution in [3.8, 4) is 0 Å². The second kappa shape index (κ2) is 11.2. The lowest BCUT2D eigenvalue weighted by molar-refractivity contribution is 0.0203. The first-order valence-electron chi connectivity index (χ1n) is 10.5. The minimum absolute atomic E-state index is 0.558. The second-order valence-electron chi connectivity index (χ2n) is 7.25. The monoisotopic (exact) mass is 378 g/mol. The van der Waals surface area contributed by atoms with Gasteiger partial charge < -0.3 is 24.7 Å². The maximum atomic E-state index is 5.82. The number of aliphatic imine (C=N–C) groups is 1. The Kier molecular flexibility index (Phi) is 8.35. The first-order chi connectivity index (χ1) is 13.4. The van der Waals surface area contributed by atoms with Gasteiger partial charge in [0.25, 0.3) is 0 Å². The molecule has 8 heteroatoms. The topological polar surface area (TPSA) is 85.6 Å². The summed E-state index contributed by atoms with van der Waals surface area (Å²) in [4.78, 5) is 4.67. The number of aryl methyl sites for hydroxylation is 1. The number of ether oxygens (including phenoxy) is 2. The molecule has 1 fully saturated rings. The third-order valence-electron chi connectivity index (χ3n) is 5.11. The van der Waals surface area contributed by atoms with Gasteiger partial charge in [-0.05, 0) is 44.9 Å². The number of nitrogens with one attached hydrogen (secondary N) is 2. The summed E-state index contributed by atoms with van der Waals surface area (Å²) in [7, 11) is 0. The van der Waals surface area contributed by atoms with Crippen LogP contribution >= 0.6 is 0 Å². The Hall–Kier alpha value is -1.67. The number of hydrogen-bond donors (Lipinski definition) is 2. The van der Waals surface area contributed by atoms with E-state index in [1.807, 2.05) is 0 Å². The number of guanidine groups is 1. The molecular formula is C19H34N6O2. The Labute approximate surface area is 162 Å². The smallest absolute Gasteiger partial charge is 0.191 e. The molecule has 0 amide bonds. The van der Waals surface area contributed by atoms with Gasteiger partial charge in [-0.3, -0.25) is 0 Å². The van der Waals surface area contributed by atoms with E-state index in [1.54, 1.807) is 0 Å². The summed E-state index contributed by atoms with van der Waals surface area (Å²) < 4.78 is 13.4. The molecule has 0 aromatic carbocycles. The first-order valence-corrected chi connectivity index (χ1v) is 10.5. The Balaban J connectivity index is 1.35. The highest BCUT2D eigenvalue weighted by molar-refractivity contribution is 5.79. The van der Waals surface area contributed by atoms with E-state index in [-0.39, 0.29) is 0 Å². The summed E-state index contributed by atoms with van der Waals surface area (Å²) in [5, 5.41) is 15.3. The van der Waals surface area contributed by atoms with Gasteiger partial charge in [0.15, 0.2) is 11.8 Å². The summed E-state index contributed by atoms with van der Waals surface area (Å²) in [6.07, 6.45) is 6.66. The lowest BCUT2D eigenvalue weighted by Crippen LogP contribution is -2.38. The van der Waals surface area contributed by atoms with Crippen molar-refractivity contribution in [1.29, 1.82) is 0 Å². The highest BCUT2D eigenvalue weighted by atomic mass is 16.5. The molecule has 0 saturated carbocycles. The molecular weight excluding hydrogens is 344 g/mol. The zero-order valence-corrected chi connectivity index (χ0v) is 16.6. The summed E-state index contributed by atoms with van der Waals surface area (Å²) in [6.45, 7) is 8.73. The van der Waals surface area contributed by atoms with E-state index in [0.29, 0.717) is 12.5 Å². The minimum Gasteiger partial charge on any atom is -0.381 e. The van der Waals surface area contributed by atoms with Crippen LogP contribution in [-0.2, 0) is 29.0 Å². The largest absolute Gasteiger partial charge is 0.381 e. The highest BCUT2D eigenvalue weighted by Crippen LogP contribution is 2.15. The lowest BCUT2D eigenvalue weighted by Gasteiger charge is -2.21. The zero-order valence-electron chi connectivity index (χ0n) is 16.6. The van der Waals surface area contributed by atoms with E-state index < -0.39 is 0 Å². The average Bonchev–Trinajstić information content (AvgIpc) is 3.12. The number of nitrogens with zero attached hydrogens (tertiary/aromatic N) is 4. The van der Waals surface area contributed by atoms with Crippen LogP contribution in [0.4, 0.5) is 0 Å². The van der Waals surface area contributed by atoms with Gasteiger partial charge in [0.2, 0.25) is 0 Å². The molecule has 27 heavy (non-hydrogen) atoms. The molecule has 0 aliphatic carbocycles. The Morgan fingerprint density at radius 1 is 1.26 bits per heavy atom. The average molecular weight is 379 g/mol. The quantitative estimate of drug-likeness (QED) is 0.385. The van der Waals surface area contributed by atoms with Crippen LogP contribution in [-0.4, -0.2) is 60.2 Å². The number of aromatic nitrogens is 3. The standard InChI is InChI=1S/C19H34N6O2/c1-2-20-19(21-9-5-11-27-15-16-7-12-26-13-8-16)22-14-18-24-23-17-6-3-4-10-25(17)18/h16H,2-15H2,1H3,(H2,20,21,22). The second-order valence-corrected chi connectivity index (χ2v) is 7.25. The molecule has 2 aliphatic heterocycles. The van der Waals surface area contributed by atoms with Crippen molar-refractivity contribution in [2.45, 2.75) is 58.5 Å². The lowest BCUT2D eigenvalue weighted by atomic mass is 10.0. The van der Waals surface area contributed by atoms with Crippen LogP contribution < -0.4 is 10.6 Å². The molecule has 3 heterocycles. The predicted molar refractivity (Wildman–Crippen MR) is 105 cm³/mol. The summed E-state index contributed by atoms with van der Waals surface area (Å²) >= 11 is 0. The number of hydrogen-bond acceptors (Lipinski definition) is 5. The minimum atomic E-state index is 0.558. The van der Waals surface area contributed by atoms with Crippen LogP contribution in [0.15, 0.2) is 4.99 Å². The van der Waals surface area contributed by atoms with Gasteiger partial charge in [0.1, 0.15) is 12.4 Å². The third kappa shape index (κ3) is 6.46. The number of rotatable bonds is 9. The van der Waals surface area contributed by atoms with Gasteiger partial charge >= 0.3 is 0 Å². The molecule has 1 aromatic heterocycles. The first kappa shape index (κ1) is 20.1. The molecule has 0 unspecified atom stereocenters. The van der Waals surface area contributed by atoms with E-state index in [9.17, 15) is 0 Å². The maximum absolute atomic E-state index is 5.82. The molecule has 2 aliphatic rings. The zero-order chi connectivity index (χ0) is 18.7. The molecule has 1 aromatic rings. The summed E-state index contributed by atoms with van der Waals surface area (Å²) in [6, 6.07) is 0. The Morgan fingerprint density at radius 3 is 3.00 bits per heavy atom. The fraction of sp³-hybridized carbons (Fsp3) is 0.842. The molecule has 8 nitrogen and oxygen atoms in total. The van der Waals surface area contributed by atoms with Crippen molar-refractivity contribution in [2.24, 2.45) is 10.9 Å².